The third-order valence-corrected chi connectivity index (χ3v) is 6.91. The number of allylic oxidation sites excluding steroid dienone is 1. The molecule has 2 aromatic carbocycles. The van der Waals surface area contributed by atoms with Crippen LogP contribution in [0.4, 0.5) is 0 Å². The molecule has 0 aromatic heterocycles. The number of rotatable bonds is 8. The predicted molar refractivity (Wildman–Crippen MR) is 124 cm³/mol. The maximum Gasteiger partial charge on any atom is 0.173 e. The van der Waals surface area contributed by atoms with Gasteiger partial charge in [-0.15, -0.1) is 23.5 Å². The highest BCUT2D eigenvalue weighted by Gasteiger charge is 2.17. The molecule has 0 heterocycles. The molecule has 0 spiro atoms. The van der Waals surface area contributed by atoms with Crippen LogP contribution in [0.1, 0.15) is 43.0 Å². The number of aryl methyl sites for hydroxylation is 4. The van der Waals surface area contributed by atoms with E-state index in [9.17, 15) is 20.1 Å². The molecule has 0 aliphatic rings. The van der Waals surface area contributed by atoms with Crippen LogP contribution in [0.15, 0.2) is 46.2 Å². The smallest absolute Gasteiger partial charge is 0.173 e. The Bertz CT molecular complexity index is 1020. The van der Waals surface area contributed by atoms with Crippen molar-refractivity contribution in [2.24, 2.45) is 0 Å². The third kappa shape index (κ3) is 6.10. The van der Waals surface area contributed by atoms with E-state index in [1.807, 2.05) is 64.1 Å². The molecule has 0 N–H and O–H groups in total. The number of carbonyl (C=O) groups excluding carboxylic acids is 2. The molecule has 0 saturated heterocycles. The molecule has 2 aromatic rings. The normalized spacial score (nSPS) is 10.1. The fourth-order valence-corrected chi connectivity index (χ4v) is 4.97. The van der Waals surface area contributed by atoms with Gasteiger partial charge in [-0.2, -0.15) is 10.5 Å². The highest BCUT2D eigenvalue weighted by molar-refractivity contribution is 8.22. The van der Waals surface area contributed by atoms with Gasteiger partial charge in [-0.3, -0.25) is 9.59 Å². The summed E-state index contributed by atoms with van der Waals surface area (Å²) < 4.78 is 0.399. The van der Waals surface area contributed by atoms with Crippen LogP contribution in [0.3, 0.4) is 0 Å². The van der Waals surface area contributed by atoms with E-state index in [1.54, 1.807) is 12.1 Å². The van der Waals surface area contributed by atoms with Crippen molar-refractivity contribution in [1.29, 1.82) is 10.5 Å². The minimum absolute atomic E-state index is 0.0770. The van der Waals surface area contributed by atoms with Gasteiger partial charge in [0.1, 0.15) is 17.7 Å². The van der Waals surface area contributed by atoms with E-state index in [0.717, 1.165) is 45.8 Å². The average molecular weight is 435 g/mol. The van der Waals surface area contributed by atoms with E-state index in [1.165, 1.54) is 0 Å². The van der Waals surface area contributed by atoms with Crippen molar-refractivity contribution in [2.45, 2.75) is 27.7 Å². The number of thioether (sulfide) groups is 2. The molecule has 0 aliphatic heterocycles. The maximum absolute atomic E-state index is 12.6. The molecule has 0 radical (unpaired) electrons. The highest BCUT2D eigenvalue weighted by Crippen LogP contribution is 2.33. The Hall–Kier alpha value is -2.80. The zero-order valence-corrected chi connectivity index (χ0v) is 19.0. The van der Waals surface area contributed by atoms with Gasteiger partial charge < -0.3 is 0 Å². The van der Waals surface area contributed by atoms with Crippen molar-refractivity contribution in [3.63, 3.8) is 0 Å². The Morgan fingerprint density at radius 2 is 1.17 bits per heavy atom. The largest absolute Gasteiger partial charge is 0.293 e. The molecule has 0 atom stereocenters. The zero-order valence-electron chi connectivity index (χ0n) is 17.4. The van der Waals surface area contributed by atoms with Gasteiger partial charge in [0.25, 0.3) is 0 Å². The summed E-state index contributed by atoms with van der Waals surface area (Å²) >= 11 is 2.27. The molecule has 2 rings (SSSR count). The minimum atomic E-state index is -0.0773. The Balaban J connectivity index is 2.13. The zero-order chi connectivity index (χ0) is 22.3. The van der Waals surface area contributed by atoms with E-state index < -0.39 is 0 Å². The summed E-state index contributed by atoms with van der Waals surface area (Å²) in [6, 6.07) is 15.0. The van der Waals surface area contributed by atoms with Crippen LogP contribution in [0.25, 0.3) is 0 Å². The SMILES string of the molecule is Cc1ccc(C(=O)CSC(SCC(=O)c2ccc(C)cc2C)=C(C#N)C#N)c(C)c1. The summed E-state index contributed by atoms with van der Waals surface area (Å²) in [4.78, 5) is 25.3. The average Bonchev–Trinajstić information content (AvgIpc) is 2.69. The first kappa shape index (κ1) is 23.5. The number of ketones is 2. The van der Waals surface area contributed by atoms with E-state index >= 15 is 0 Å². The van der Waals surface area contributed by atoms with Gasteiger partial charge >= 0.3 is 0 Å². The summed E-state index contributed by atoms with van der Waals surface area (Å²) in [5.41, 5.74) is 5.11. The lowest BCUT2D eigenvalue weighted by atomic mass is 10.0. The monoisotopic (exact) mass is 434 g/mol. The molecule has 0 amide bonds. The first-order valence-electron chi connectivity index (χ1n) is 9.27. The molecule has 4 nitrogen and oxygen atoms in total. The van der Waals surface area contributed by atoms with Gasteiger partial charge in [-0.05, 0) is 38.8 Å². The topological polar surface area (TPSA) is 81.7 Å². The molecule has 0 bridgehead atoms. The fraction of sp³-hybridized carbons (Fsp3) is 0.250. The predicted octanol–water partition coefficient (Wildman–Crippen LogP) is 5.71. The first-order chi connectivity index (χ1) is 14.3. The van der Waals surface area contributed by atoms with Crippen molar-refractivity contribution >= 4 is 35.1 Å². The van der Waals surface area contributed by atoms with Gasteiger partial charge in [0.2, 0.25) is 0 Å². The summed E-state index contributed by atoms with van der Waals surface area (Å²) in [7, 11) is 0. The van der Waals surface area contributed by atoms with Crippen molar-refractivity contribution < 1.29 is 9.59 Å². The summed E-state index contributed by atoms with van der Waals surface area (Å²) in [6.45, 7) is 7.70. The molecular weight excluding hydrogens is 412 g/mol. The van der Waals surface area contributed by atoms with Gasteiger partial charge in [0.05, 0.1) is 15.7 Å². The molecule has 0 unspecified atom stereocenters. The molecule has 0 aliphatic carbocycles. The van der Waals surface area contributed by atoms with Crippen LogP contribution in [0.5, 0.6) is 0 Å². The second kappa shape index (κ2) is 10.8. The van der Waals surface area contributed by atoms with Gasteiger partial charge in [0, 0.05) is 11.1 Å². The van der Waals surface area contributed by atoms with Crippen LogP contribution >= 0.6 is 23.5 Å². The van der Waals surface area contributed by atoms with Crippen LogP contribution in [-0.4, -0.2) is 23.1 Å². The lowest BCUT2D eigenvalue weighted by Crippen LogP contribution is -2.07. The summed E-state index contributed by atoms with van der Waals surface area (Å²) in [6.07, 6.45) is 0. The number of nitriles is 2. The van der Waals surface area contributed by atoms with Crippen molar-refractivity contribution in [3.05, 3.63) is 79.6 Å². The summed E-state index contributed by atoms with van der Waals surface area (Å²) in [5, 5.41) is 18.6. The lowest BCUT2D eigenvalue weighted by Gasteiger charge is -2.10. The highest BCUT2D eigenvalue weighted by atomic mass is 32.2. The number of Topliss-reactive ketones (excluding diaryl/α,β-unsaturated/α-hetero) is 2. The van der Waals surface area contributed by atoms with E-state index in [2.05, 4.69) is 0 Å². The van der Waals surface area contributed by atoms with E-state index in [4.69, 9.17) is 0 Å². The molecule has 6 heteroatoms. The Morgan fingerprint density at radius 1 is 0.767 bits per heavy atom. The number of carbonyl (C=O) groups is 2. The van der Waals surface area contributed by atoms with Crippen LogP contribution in [0, 0.1) is 50.4 Å². The van der Waals surface area contributed by atoms with Gasteiger partial charge in [-0.1, -0.05) is 47.5 Å². The minimum Gasteiger partial charge on any atom is -0.293 e. The quantitative estimate of drug-likeness (QED) is 0.391. The van der Waals surface area contributed by atoms with Crippen LogP contribution in [-0.2, 0) is 0 Å². The Kier molecular flexibility index (Phi) is 8.47. The van der Waals surface area contributed by atoms with Gasteiger partial charge in [-0.25, -0.2) is 0 Å². The van der Waals surface area contributed by atoms with E-state index in [-0.39, 0.29) is 28.6 Å². The van der Waals surface area contributed by atoms with Crippen LogP contribution < -0.4 is 0 Å². The Morgan fingerprint density at radius 3 is 1.50 bits per heavy atom. The molecule has 30 heavy (non-hydrogen) atoms. The number of hydrogen-bond donors (Lipinski definition) is 0. The third-order valence-electron chi connectivity index (χ3n) is 4.46. The van der Waals surface area contributed by atoms with Gasteiger partial charge in [0.15, 0.2) is 11.6 Å². The molecule has 0 fully saturated rings. The number of nitrogens with zero attached hydrogens (tertiary/aromatic N) is 2. The maximum atomic E-state index is 12.6. The standard InChI is InChI=1S/C24H22N2O2S2/c1-15-5-7-20(17(3)9-15)22(27)13-29-24(19(11-25)12-26)30-14-23(28)21-8-6-16(2)10-18(21)4/h5-10H,13-14H2,1-4H3. The van der Waals surface area contributed by atoms with Crippen molar-refractivity contribution in [2.75, 3.05) is 11.5 Å². The van der Waals surface area contributed by atoms with Crippen molar-refractivity contribution in [1.82, 2.24) is 0 Å². The Labute approximate surface area is 186 Å². The summed E-state index contributed by atoms with van der Waals surface area (Å²) in [5.74, 6) is 0.0336. The number of hydrogen-bond acceptors (Lipinski definition) is 6. The molecule has 152 valence electrons. The van der Waals surface area contributed by atoms with E-state index in [0.29, 0.717) is 15.4 Å². The second-order valence-corrected chi connectivity index (χ2v) is 9.18. The van der Waals surface area contributed by atoms with Crippen molar-refractivity contribution in [3.8, 4) is 12.1 Å². The fourth-order valence-electron chi connectivity index (χ4n) is 2.97. The first-order valence-corrected chi connectivity index (χ1v) is 11.2. The number of benzene rings is 2. The lowest BCUT2D eigenvalue weighted by molar-refractivity contribution is 0.101. The van der Waals surface area contributed by atoms with Crippen LogP contribution in [0.2, 0.25) is 0 Å². The molecule has 0 saturated carbocycles. The second-order valence-electron chi connectivity index (χ2n) is 6.95. The molecular formula is C24H22N2O2S2.